The predicted octanol–water partition coefficient (Wildman–Crippen LogP) is 1.98. The van der Waals surface area contributed by atoms with E-state index in [2.05, 4.69) is 15.5 Å². The van der Waals surface area contributed by atoms with Crippen LogP contribution in [-0.4, -0.2) is 17.4 Å². The topological polar surface area (TPSA) is 72.8 Å². The molecular formula is C11H11N4O+. The van der Waals surface area contributed by atoms with Crippen LogP contribution in [0.1, 0.15) is 11.5 Å². The van der Waals surface area contributed by atoms with Gasteiger partial charge in [-0.15, -0.1) is 0 Å². The molecule has 1 unspecified atom stereocenters. The molecular weight excluding hydrogens is 204 g/mol. The van der Waals surface area contributed by atoms with Gasteiger partial charge in [0, 0.05) is 6.54 Å². The van der Waals surface area contributed by atoms with Gasteiger partial charge >= 0.3 is 6.20 Å². The van der Waals surface area contributed by atoms with Crippen LogP contribution in [0, 0.1) is 5.39 Å². The summed E-state index contributed by atoms with van der Waals surface area (Å²) in [6.45, 7) is 0.628. The van der Waals surface area contributed by atoms with E-state index in [-0.39, 0.29) is 11.7 Å². The van der Waals surface area contributed by atoms with Gasteiger partial charge in [-0.3, -0.25) is 0 Å². The molecule has 1 aliphatic heterocycles. The Bertz CT molecular complexity index is 473. The number of aliphatic hydroxyl groups is 1. The maximum absolute atomic E-state index is 9.62. The number of benzene rings is 1. The van der Waals surface area contributed by atoms with Gasteiger partial charge in [0.15, 0.2) is 4.98 Å². The minimum Gasteiger partial charge on any atom is -0.500 e. The lowest BCUT2D eigenvalue weighted by Crippen LogP contribution is -2.15. The summed E-state index contributed by atoms with van der Waals surface area (Å²) in [4.78, 5) is 2.79. The molecule has 1 aliphatic rings. The molecule has 0 fully saturated rings. The smallest absolute Gasteiger partial charge is 0.393 e. The molecule has 0 spiro atoms. The van der Waals surface area contributed by atoms with Gasteiger partial charge in [-0.05, 0) is 5.56 Å². The molecule has 0 bridgehead atoms. The van der Waals surface area contributed by atoms with Crippen molar-refractivity contribution in [3.63, 3.8) is 0 Å². The molecule has 5 heteroatoms. The number of diazo groups is 1. The van der Waals surface area contributed by atoms with E-state index in [0.717, 1.165) is 11.8 Å². The first kappa shape index (κ1) is 10.2. The Labute approximate surface area is 92.7 Å². The van der Waals surface area contributed by atoms with Crippen molar-refractivity contribution in [2.45, 2.75) is 5.92 Å². The molecule has 0 aliphatic carbocycles. The second kappa shape index (κ2) is 4.45. The summed E-state index contributed by atoms with van der Waals surface area (Å²) in [7, 11) is 0. The molecule has 0 saturated heterocycles. The first-order valence-corrected chi connectivity index (χ1v) is 4.92. The Morgan fingerprint density at radius 1 is 1.50 bits per heavy atom. The summed E-state index contributed by atoms with van der Waals surface area (Å²) < 4.78 is 0. The number of hydrogen-bond donors (Lipinski definition) is 2. The van der Waals surface area contributed by atoms with Crippen molar-refractivity contribution < 1.29 is 5.11 Å². The van der Waals surface area contributed by atoms with E-state index in [1.54, 1.807) is 0 Å². The molecule has 1 aromatic carbocycles. The molecule has 1 aromatic rings. The number of nitrogens with one attached hydrogen (secondary N) is 1. The highest BCUT2D eigenvalue weighted by Crippen LogP contribution is 2.23. The predicted molar refractivity (Wildman–Crippen MR) is 60.4 cm³/mol. The van der Waals surface area contributed by atoms with Crippen LogP contribution in [0.5, 0.6) is 0 Å². The Hall–Kier alpha value is -2.35. The highest BCUT2D eigenvalue weighted by Gasteiger charge is 2.27. The van der Waals surface area contributed by atoms with Crippen LogP contribution in [-0.2, 0) is 0 Å². The fraction of sp³-hybridized carbons (Fsp3) is 0.182. The van der Waals surface area contributed by atoms with E-state index >= 15 is 0 Å². The molecule has 1 atom stereocenters. The number of hydrogen-bond acceptors (Lipinski definition) is 4. The van der Waals surface area contributed by atoms with E-state index in [1.165, 1.54) is 0 Å². The standard InChI is InChI=1S/C11H10N4O/c12-13-7-10(16)11-9(6-14-15-11)8-4-2-1-3-5-8/h1-5,7,9,14H,6H2/p+1. The third kappa shape index (κ3) is 1.86. The first-order valence-electron chi connectivity index (χ1n) is 4.92. The third-order valence-electron chi connectivity index (χ3n) is 2.47. The second-order valence-electron chi connectivity index (χ2n) is 3.45. The fourth-order valence-electron chi connectivity index (χ4n) is 1.71. The highest BCUT2D eigenvalue weighted by molar-refractivity contribution is 6.04. The van der Waals surface area contributed by atoms with Crippen LogP contribution in [0.2, 0.25) is 0 Å². The Kier molecular flexibility index (Phi) is 2.83. The van der Waals surface area contributed by atoms with Crippen molar-refractivity contribution in [2.24, 2.45) is 5.10 Å². The largest absolute Gasteiger partial charge is 0.500 e. The number of nitrogens with zero attached hydrogens (tertiary/aromatic N) is 3. The maximum atomic E-state index is 9.62. The van der Waals surface area contributed by atoms with E-state index in [1.807, 2.05) is 30.3 Å². The number of rotatable bonds is 2. The molecule has 0 radical (unpaired) electrons. The molecule has 16 heavy (non-hydrogen) atoms. The second-order valence-corrected chi connectivity index (χ2v) is 3.45. The van der Waals surface area contributed by atoms with Gasteiger partial charge in [0.1, 0.15) is 5.71 Å². The monoisotopic (exact) mass is 215 g/mol. The maximum Gasteiger partial charge on any atom is 0.393 e. The summed E-state index contributed by atoms with van der Waals surface area (Å²) in [6, 6.07) is 9.74. The van der Waals surface area contributed by atoms with Gasteiger partial charge in [0.2, 0.25) is 11.2 Å². The summed E-state index contributed by atoms with van der Waals surface area (Å²) >= 11 is 0. The van der Waals surface area contributed by atoms with Crippen LogP contribution in [0.3, 0.4) is 0 Å². The quantitative estimate of drug-likeness (QED) is 0.585. The molecule has 2 rings (SSSR count). The lowest BCUT2D eigenvalue weighted by atomic mass is 9.94. The fourth-order valence-corrected chi connectivity index (χ4v) is 1.71. The average Bonchev–Trinajstić information content (AvgIpc) is 2.79. The van der Waals surface area contributed by atoms with Crippen LogP contribution in [0.25, 0.3) is 4.98 Å². The van der Waals surface area contributed by atoms with Crippen molar-refractivity contribution >= 4 is 5.71 Å². The Morgan fingerprint density at radius 3 is 2.94 bits per heavy atom. The first-order chi connectivity index (χ1) is 7.83. The van der Waals surface area contributed by atoms with Crippen molar-refractivity contribution in [1.82, 2.24) is 5.43 Å². The minimum atomic E-state index is -0.124. The van der Waals surface area contributed by atoms with Gasteiger partial charge in [-0.1, -0.05) is 30.3 Å². The normalized spacial score (nSPS) is 19.8. The molecule has 0 amide bonds. The van der Waals surface area contributed by atoms with Crippen LogP contribution in [0.15, 0.2) is 47.4 Å². The molecule has 5 nitrogen and oxygen atoms in total. The Balaban J connectivity index is 2.29. The lowest BCUT2D eigenvalue weighted by Gasteiger charge is -2.09. The zero-order valence-corrected chi connectivity index (χ0v) is 8.54. The molecule has 0 aromatic heterocycles. The molecule has 2 N–H and O–H groups in total. The summed E-state index contributed by atoms with van der Waals surface area (Å²) in [5.74, 6) is -0.138. The van der Waals surface area contributed by atoms with Crippen LogP contribution in [0.4, 0.5) is 0 Å². The van der Waals surface area contributed by atoms with Gasteiger partial charge < -0.3 is 10.5 Å². The summed E-state index contributed by atoms with van der Waals surface area (Å²) in [5, 5.41) is 22.0. The van der Waals surface area contributed by atoms with Crippen molar-refractivity contribution in [3.05, 3.63) is 52.8 Å². The highest BCUT2D eigenvalue weighted by atomic mass is 16.3. The number of allylic oxidation sites excluding steroid dienone is 1. The lowest BCUT2D eigenvalue weighted by molar-refractivity contribution is 0.440. The average molecular weight is 215 g/mol. The van der Waals surface area contributed by atoms with E-state index in [9.17, 15) is 5.11 Å². The van der Waals surface area contributed by atoms with Crippen molar-refractivity contribution in [3.8, 4) is 0 Å². The molecule has 0 saturated carbocycles. The zero-order valence-electron chi connectivity index (χ0n) is 8.54. The SMILES string of the molecule is N#[N+]C=C(O)C1=NNCC1c1ccccc1. The van der Waals surface area contributed by atoms with Crippen LogP contribution < -0.4 is 5.43 Å². The van der Waals surface area contributed by atoms with Gasteiger partial charge in [0.25, 0.3) is 0 Å². The molecule has 80 valence electrons. The van der Waals surface area contributed by atoms with Gasteiger partial charge in [0.05, 0.1) is 5.92 Å². The molecule has 1 heterocycles. The summed E-state index contributed by atoms with van der Waals surface area (Å²) in [6.07, 6.45) is 0.974. The minimum absolute atomic E-state index is 0.0146. The van der Waals surface area contributed by atoms with Crippen molar-refractivity contribution in [1.29, 1.82) is 5.39 Å². The van der Waals surface area contributed by atoms with E-state index in [0.29, 0.717) is 12.3 Å². The van der Waals surface area contributed by atoms with Gasteiger partial charge in [-0.25, -0.2) is 0 Å². The third-order valence-corrected chi connectivity index (χ3v) is 2.47. The van der Waals surface area contributed by atoms with Gasteiger partial charge in [-0.2, -0.15) is 5.10 Å². The van der Waals surface area contributed by atoms with Crippen molar-refractivity contribution in [2.75, 3.05) is 6.54 Å². The zero-order chi connectivity index (χ0) is 11.4. The van der Waals surface area contributed by atoms with Crippen LogP contribution >= 0.6 is 0 Å². The summed E-state index contributed by atoms with van der Waals surface area (Å²) in [5.41, 5.74) is 4.37. The Morgan fingerprint density at radius 2 is 2.25 bits per heavy atom. The van der Waals surface area contributed by atoms with E-state index in [4.69, 9.17) is 5.39 Å². The number of aliphatic hydroxyl groups excluding tert-OH is 1. The van der Waals surface area contributed by atoms with E-state index < -0.39 is 0 Å². The number of hydrazone groups is 1.